The number of thiazole rings is 1. The van der Waals surface area contributed by atoms with Gasteiger partial charge >= 0.3 is 12.4 Å². The molecule has 0 aliphatic rings. The number of urea groups is 1. The van der Waals surface area contributed by atoms with Crippen molar-refractivity contribution in [1.29, 1.82) is 0 Å². The molecule has 238 valence electrons. The van der Waals surface area contributed by atoms with E-state index in [1.165, 1.54) is 57.7 Å². The van der Waals surface area contributed by atoms with Gasteiger partial charge in [-0.15, -0.1) is 29.6 Å². The van der Waals surface area contributed by atoms with Crippen molar-refractivity contribution in [2.75, 3.05) is 0 Å². The second-order valence-corrected chi connectivity index (χ2v) is 11.9. The molecule has 5 rings (SSSR count). The Morgan fingerprint density at radius 3 is 2.35 bits per heavy atom. The second-order valence-electron chi connectivity index (χ2n) is 11.1. The molecule has 0 radical (unpaired) electrons. The Kier molecular flexibility index (Phi) is 9.29. The molecule has 0 bridgehead atoms. The Balaban J connectivity index is 1.31. The number of hydrogen-bond acceptors (Lipinski definition) is 5. The van der Waals surface area contributed by atoms with E-state index in [-0.39, 0.29) is 5.75 Å². The third-order valence-electron chi connectivity index (χ3n) is 7.46. The summed E-state index contributed by atoms with van der Waals surface area (Å²) in [5, 5.41) is 9.37. The number of hydrogen-bond donors (Lipinski definition) is 1. The van der Waals surface area contributed by atoms with Crippen LogP contribution in [-0.2, 0) is 0 Å². The minimum absolute atomic E-state index is 0.304. The second kappa shape index (κ2) is 13.2. The molecule has 8 nitrogen and oxygen atoms in total. The number of nitrogens with one attached hydrogen (secondary N) is 1. The number of alkyl halides is 3. The van der Waals surface area contributed by atoms with E-state index in [1.807, 2.05) is 61.1 Å². The third kappa shape index (κ3) is 7.28. The standard InChI is InChI=1S/C34H33F3N6O2S/c1-20(2)30-21(3)8-7-9-29(30)43-22(4)18-46-33(43)40-32(44)39-24(6)23(5)25-10-12-26(13-11-25)31-38-19-42(41-31)27-14-16-28(17-15-27)45-34(35,36)37/h7-20H,1-6H3,(H,39,44)/b24-23+,40-33?. The summed E-state index contributed by atoms with van der Waals surface area (Å²) >= 11 is 1.42. The van der Waals surface area contributed by atoms with Crippen LogP contribution in [0.4, 0.5) is 18.0 Å². The molecule has 0 fully saturated rings. The Morgan fingerprint density at radius 1 is 1.00 bits per heavy atom. The number of carbonyl (C=O) groups is 1. The van der Waals surface area contributed by atoms with Gasteiger partial charge in [0.1, 0.15) is 12.1 Å². The number of aromatic nitrogens is 4. The molecule has 0 aliphatic carbocycles. The van der Waals surface area contributed by atoms with Crippen LogP contribution in [0.15, 0.2) is 89.1 Å². The van der Waals surface area contributed by atoms with E-state index in [0.717, 1.165) is 28.1 Å². The predicted molar refractivity (Wildman–Crippen MR) is 173 cm³/mol. The molecule has 2 heterocycles. The minimum Gasteiger partial charge on any atom is -0.406 e. The maximum Gasteiger partial charge on any atom is 0.573 e. The fourth-order valence-electron chi connectivity index (χ4n) is 5.15. The van der Waals surface area contributed by atoms with Gasteiger partial charge in [0.15, 0.2) is 10.6 Å². The first-order valence-corrected chi connectivity index (χ1v) is 15.4. The molecule has 2 amide bonds. The van der Waals surface area contributed by atoms with Crippen molar-refractivity contribution in [3.63, 3.8) is 0 Å². The van der Waals surface area contributed by atoms with Gasteiger partial charge in [-0.2, -0.15) is 4.99 Å². The maximum atomic E-state index is 13.1. The molecule has 2 aromatic heterocycles. The van der Waals surface area contributed by atoms with E-state index in [4.69, 9.17) is 0 Å². The molecule has 46 heavy (non-hydrogen) atoms. The number of rotatable bonds is 7. The van der Waals surface area contributed by atoms with Gasteiger partial charge < -0.3 is 10.1 Å². The van der Waals surface area contributed by atoms with Crippen LogP contribution in [0.3, 0.4) is 0 Å². The van der Waals surface area contributed by atoms with E-state index in [0.29, 0.717) is 27.9 Å². The van der Waals surface area contributed by atoms with Gasteiger partial charge in [-0.05, 0) is 86.2 Å². The van der Waals surface area contributed by atoms with E-state index in [2.05, 4.69) is 58.0 Å². The van der Waals surface area contributed by atoms with Crippen LogP contribution >= 0.6 is 11.3 Å². The highest BCUT2D eigenvalue weighted by molar-refractivity contribution is 7.07. The molecule has 1 N–H and O–H groups in total. The Labute approximate surface area is 268 Å². The first-order chi connectivity index (χ1) is 21.8. The summed E-state index contributed by atoms with van der Waals surface area (Å²) in [4.78, 5) is 22.4. The Morgan fingerprint density at radius 2 is 1.70 bits per heavy atom. The first kappa shape index (κ1) is 32.4. The molecule has 3 aromatic carbocycles. The summed E-state index contributed by atoms with van der Waals surface area (Å²) in [5.74, 6) is 0.433. The molecule has 0 unspecified atom stereocenters. The lowest BCUT2D eigenvalue weighted by Gasteiger charge is -2.17. The summed E-state index contributed by atoms with van der Waals surface area (Å²) in [6.07, 6.45) is -3.27. The number of aryl methyl sites for hydroxylation is 2. The van der Waals surface area contributed by atoms with Crippen molar-refractivity contribution in [2.45, 2.75) is 53.8 Å². The highest BCUT2D eigenvalue weighted by Crippen LogP contribution is 2.28. The quantitative estimate of drug-likeness (QED) is 0.192. The van der Waals surface area contributed by atoms with Crippen molar-refractivity contribution >= 4 is 22.9 Å². The van der Waals surface area contributed by atoms with Crippen LogP contribution in [0, 0.1) is 13.8 Å². The summed E-state index contributed by atoms with van der Waals surface area (Å²) in [6, 6.07) is 18.6. The Bertz CT molecular complexity index is 1970. The molecule has 0 atom stereocenters. The largest absolute Gasteiger partial charge is 0.573 e. The highest BCUT2D eigenvalue weighted by Gasteiger charge is 2.31. The van der Waals surface area contributed by atoms with Crippen LogP contribution < -0.4 is 14.9 Å². The van der Waals surface area contributed by atoms with Crippen LogP contribution in [0.2, 0.25) is 0 Å². The monoisotopic (exact) mass is 646 g/mol. The highest BCUT2D eigenvalue weighted by atomic mass is 32.1. The van der Waals surface area contributed by atoms with Crippen molar-refractivity contribution in [3.05, 3.63) is 111 Å². The molecule has 12 heteroatoms. The van der Waals surface area contributed by atoms with Gasteiger partial charge in [-0.25, -0.2) is 14.5 Å². The zero-order chi connectivity index (χ0) is 33.2. The first-order valence-electron chi connectivity index (χ1n) is 14.5. The van der Waals surface area contributed by atoms with Crippen molar-refractivity contribution in [2.24, 2.45) is 4.99 Å². The molecule has 0 saturated carbocycles. The van der Waals surface area contributed by atoms with Gasteiger partial charge in [-0.3, -0.25) is 4.57 Å². The predicted octanol–water partition coefficient (Wildman–Crippen LogP) is 8.49. The summed E-state index contributed by atoms with van der Waals surface area (Å²) < 4.78 is 44.8. The normalized spacial score (nSPS) is 12.8. The topological polar surface area (TPSA) is 86.3 Å². The number of allylic oxidation sites excluding steroid dienone is 2. The average molecular weight is 647 g/mol. The lowest BCUT2D eigenvalue weighted by molar-refractivity contribution is -0.274. The van der Waals surface area contributed by atoms with Crippen molar-refractivity contribution < 1.29 is 22.7 Å². The van der Waals surface area contributed by atoms with Crippen LogP contribution in [0.1, 0.15) is 56.0 Å². The fraction of sp³-hybridized carbons (Fsp3) is 0.235. The molecule has 5 aromatic rings. The molecule has 0 aliphatic heterocycles. The van der Waals surface area contributed by atoms with Crippen LogP contribution in [0.25, 0.3) is 28.3 Å². The van der Waals surface area contributed by atoms with E-state index in [9.17, 15) is 18.0 Å². The molecular weight excluding hydrogens is 613 g/mol. The van der Waals surface area contributed by atoms with E-state index < -0.39 is 12.4 Å². The number of amides is 2. The lowest BCUT2D eigenvalue weighted by Crippen LogP contribution is -2.24. The fourth-order valence-corrected chi connectivity index (χ4v) is 6.01. The van der Waals surface area contributed by atoms with Gasteiger partial charge in [-0.1, -0.05) is 50.2 Å². The van der Waals surface area contributed by atoms with Gasteiger partial charge in [0.2, 0.25) is 0 Å². The minimum atomic E-state index is -4.76. The molecule has 0 spiro atoms. The van der Waals surface area contributed by atoms with Crippen LogP contribution in [0.5, 0.6) is 5.75 Å². The van der Waals surface area contributed by atoms with Gasteiger partial charge in [0.25, 0.3) is 0 Å². The SMILES string of the molecule is C/C(NC(=O)N=c1scc(C)n1-c1cccc(C)c1C(C)C)=C(/C)c1ccc(-c2ncn(-c3ccc(OC(F)(F)F)cc3)n2)cc1. The number of halogens is 3. The summed E-state index contributed by atoms with van der Waals surface area (Å²) in [6.45, 7) is 12.2. The summed E-state index contributed by atoms with van der Waals surface area (Å²) in [7, 11) is 0. The zero-order valence-electron chi connectivity index (χ0n) is 26.2. The number of ether oxygens (including phenoxy) is 1. The van der Waals surface area contributed by atoms with Gasteiger partial charge in [0.05, 0.1) is 11.4 Å². The average Bonchev–Trinajstić information content (AvgIpc) is 3.63. The Hall–Kier alpha value is -4.97. The number of carbonyl (C=O) groups excluding carboxylic acids is 1. The molecule has 0 saturated heterocycles. The number of nitrogens with zero attached hydrogens (tertiary/aromatic N) is 5. The number of benzene rings is 3. The third-order valence-corrected chi connectivity index (χ3v) is 8.40. The van der Waals surface area contributed by atoms with Crippen molar-refractivity contribution in [1.82, 2.24) is 24.6 Å². The van der Waals surface area contributed by atoms with E-state index >= 15 is 0 Å². The van der Waals surface area contributed by atoms with Gasteiger partial charge in [0, 0.05) is 22.3 Å². The zero-order valence-corrected chi connectivity index (χ0v) is 27.0. The van der Waals surface area contributed by atoms with E-state index in [1.54, 1.807) is 0 Å². The van der Waals surface area contributed by atoms with Crippen LogP contribution in [-0.4, -0.2) is 31.7 Å². The summed E-state index contributed by atoms with van der Waals surface area (Å²) in [5.41, 5.74) is 8.14. The molecular formula is C34H33F3N6O2S. The van der Waals surface area contributed by atoms with Crippen molar-refractivity contribution in [3.8, 4) is 28.5 Å². The lowest BCUT2D eigenvalue weighted by atomic mass is 9.96. The smallest absolute Gasteiger partial charge is 0.406 e. The maximum absolute atomic E-state index is 13.1.